The van der Waals surface area contributed by atoms with Crippen molar-refractivity contribution in [1.82, 2.24) is 0 Å². The first-order chi connectivity index (χ1) is 8.51. The summed E-state index contributed by atoms with van der Waals surface area (Å²) in [5, 5.41) is 0.389. The van der Waals surface area contributed by atoms with E-state index in [9.17, 15) is 9.18 Å². The van der Waals surface area contributed by atoms with E-state index in [-0.39, 0.29) is 6.61 Å². The number of benzene rings is 1. The lowest BCUT2D eigenvalue weighted by Crippen LogP contribution is -2.31. The summed E-state index contributed by atoms with van der Waals surface area (Å²) < 4.78 is 23.3. The number of hydrogen-bond acceptors (Lipinski definition) is 4. The summed E-state index contributed by atoms with van der Waals surface area (Å²) in [5.74, 6) is -0.598. The maximum Gasteiger partial charge on any atom is 0.342 e. The highest BCUT2D eigenvalue weighted by atomic mass is 35.5. The van der Waals surface area contributed by atoms with Gasteiger partial charge in [0.25, 0.3) is 0 Å². The minimum absolute atomic E-state index is 0.107. The number of rotatable bonds is 5. The monoisotopic (exact) mass is 275 g/mol. The third kappa shape index (κ3) is 3.34. The normalized spacial score (nSPS) is 13.8. The van der Waals surface area contributed by atoms with Crippen molar-refractivity contribution in [2.45, 2.75) is 19.1 Å². The molecule has 0 aliphatic rings. The minimum Gasteiger partial charge on any atom is -0.495 e. The van der Waals surface area contributed by atoms with Crippen LogP contribution in [0, 0.1) is 0 Å². The molecule has 0 bridgehead atoms. The van der Waals surface area contributed by atoms with Gasteiger partial charge in [-0.2, -0.15) is 0 Å². The molecule has 0 heterocycles. The van der Waals surface area contributed by atoms with Gasteiger partial charge in [-0.15, -0.1) is 0 Å². The first-order valence-corrected chi connectivity index (χ1v) is 5.78. The van der Waals surface area contributed by atoms with Crippen LogP contribution in [0.3, 0.4) is 0 Å². The van der Waals surface area contributed by atoms with Crippen LogP contribution < -0.4 is 10.5 Å². The van der Waals surface area contributed by atoms with Gasteiger partial charge in [-0.25, -0.2) is 9.18 Å². The van der Waals surface area contributed by atoms with E-state index in [0.29, 0.717) is 16.3 Å². The van der Waals surface area contributed by atoms with Crippen LogP contribution in [-0.4, -0.2) is 25.9 Å². The molecule has 4 nitrogen and oxygen atoms in total. The Hall–Kier alpha value is -1.33. The Bertz CT molecular complexity index is 428. The maximum absolute atomic E-state index is 13.7. The van der Waals surface area contributed by atoms with Crippen molar-refractivity contribution < 1.29 is 18.7 Å². The smallest absolute Gasteiger partial charge is 0.342 e. The summed E-state index contributed by atoms with van der Waals surface area (Å²) >= 11 is 5.84. The highest BCUT2D eigenvalue weighted by Crippen LogP contribution is 2.28. The Kier molecular flexibility index (Phi) is 5.37. The lowest BCUT2D eigenvalue weighted by atomic mass is 10.0. The zero-order chi connectivity index (χ0) is 13.7. The van der Waals surface area contributed by atoms with Crippen LogP contribution in [-0.2, 0) is 9.53 Å². The van der Waals surface area contributed by atoms with E-state index in [1.165, 1.54) is 19.2 Å². The molecule has 1 unspecified atom stereocenters. The Balaban J connectivity index is 2.89. The van der Waals surface area contributed by atoms with E-state index in [1.807, 2.05) is 0 Å². The number of carbonyl (C=O) groups is 1. The predicted octanol–water partition coefficient (Wildman–Crippen LogP) is 2.25. The minimum atomic E-state index is -1.92. The molecule has 0 aliphatic carbocycles. The quantitative estimate of drug-likeness (QED) is 0.837. The van der Waals surface area contributed by atoms with Crippen molar-refractivity contribution in [2.24, 2.45) is 5.73 Å². The van der Waals surface area contributed by atoms with Crippen LogP contribution in [0.4, 0.5) is 4.39 Å². The highest BCUT2D eigenvalue weighted by Gasteiger charge is 2.28. The summed E-state index contributed by atoms with van der Waals surface area (Å²) in [6, 6.07) is 3.46. The van der Waals surface area contributed by atoms with Crippen molar-refractivity contribution >= 4 is 17.6 Å². The van der Waals surface area contributed by atoms with Crippen LogP contribution in [0.1, 0.15) is 18.5 Å². The van der Waals surface area contributed by atoms with Gasteiger partial charge >= 0.3 is 5.97 Å². The summed E-state index contributed by atoms with van der Waals surface area (Å²) in [6.45, 7) is 1.71. The summed E-state index contributed by atoms with van der Waals surface area (Å²) in [6.07, 6.45) is -1.92. The molecule has 0 amide bonds. The van der Waals surface area contributed by atoms with Crippen LogP contribution in [0.25, 0.3) is 0 Å². The summed E-state index contributed by atoms with van der Waals surface area (Å²) in [4.78, 5) is 11.2. The van der Waals surface area contributed by atoms with E-state index in [2.05, 4.69) is 4.74 Å². The van der Waals surface area contributed by atoms with Crippen LogP contribution in [0.15, 0.2) is 18.2 Å². The lowest BCUT2D eigenvalue weighted by molar-refractivity contribution is -0.149. The number of hydrogen-bond donors (Lipinski definition) is 1. The molecule has 0 saturated heterocycles. The molecule has 0 saturated carbocycles. The lowest BCUT2D eigenvalue weighted by Gasteiger charge is -2.16. The molecule has 6 heteroatoms. The summed E-state index contributed by atoms with van der Waals surface area (Å²) in [7, 11) is 1.44. The van der Waals surface area contributed by atoms with E-state index >= 15 is 0 Å². The molecule has 1 aromatic carbocycles. The highest BCUT2D eigenvalue weighted by molar-refractivity contribution is 6.32. The van der Waals surface area contributed by atoms with Gasteiger partial charge in [0.05, 0.1) is 24.8 Å². The van der Waals surface area contributed by atoms with E-state index in [0.717, 1.165) is 0 Å². The number of halogens is 2. The van der Waals surface area contributed by atoms with Gasteiger partial charge in [0.15, 0.2) is 0 Å². The van der Waals surface area contributed by atoms with Crippen molar-refractivity contribution in [2.75, 3.05) is 13.7 Å². The molecule has 0 fully saturated rings. The zero-order valence-corrected chi connectivity index (χ0v) is 10.9. The summed E-state index contributed by atoms with van der Waals surface area (Å²) in [5.41, 5.74) is 6.08. The molecule has 0 spiro atoms. The molecular weight excluding hydrogens is 261 g/mol. The van der Waals surface area contributed by atoms with Gasteiger partial charge < -0.3 is 15.2 Å². The van der Waals surface area contributed by atoms with Crippen molar-refractivity contribution in [3.63, 3.8) is 0 Å². The molecule has 1 rings (SSSR count). The second-order valence-corrected chi connectivity index (χ2v) is 3.98. The average molecular weight is 276 g/mol. The van der Waals surface area contributed by atoms with Crippen LogP contribution in [0.5, 0.6) is 5.75 Å². The number of carbonyl (C=O) groups excluding carboxylic acids is 1. The van der Waals surface area contributed by atoms with E-state index in [4.69, 9.17) is 22.1 Å². The Morgan fingerprint density at radius 2 is 2.22 bits per heavy atom. The maximum atomic E-state index is 13.7. The van der Waals surface area contributed by atoms with E-state index < -0.39 is 18.2 Å². The third-order valence-corrected chi connectivity index (χ3v) is 2.70. The first kappa shape index (κ1) is 14.7. The fraction of sp³-hybridized carbons (Fsp3) is 0.417. The van der Waals surface area contributed by atoms with E-state index in [1.54, 1.807) is 13.0 Å². The molecule has 0 aromatic heterocycles. The molecule has 2 N–H and O–H groups in total. The second-order valence-electron chi connectivity index (χ2n) is 3.57. The molecule has 2 atom stereocenters. The topological polar surface area (TPSA) is 61.5 Å². The Morgan fingerprint density at radius 3 is 2.78 bits per heavy atom. The molecule has 18 heavy (non-hydrogen) atoms. The number of methoxy groups -OCH3 is 1. The molecule has 100 valence electrons. The average Bonchev–Trinajstić information content (AvgIpc) is 2.38. The zero-order valence-electron chi connectivity index (χ0n) is 10.2. The standard InChI is InChI=1S/C12H15ClFNO3/c1-3-18-12(16)10(14)11(15)7-4-5-8(13)9(6-7)17-2/h4-6,10-11H,3,15H2,1-2H3/t10?,11-/m0/s1. The molecule has 1 aromatic rings. The van der Waals surface area contributed by atoms with Crippen LogP contribution >= 0.6 is 11.6 Å². The van der Waals surface area contributed by atoms with Crippen molar-refractivity contribution in [3.05, 3.63) is 28.8 Å². The van der Waals surface area contributed by atoms with Gasteiger partial charge in [0.2, 0.25) is 6.17 Å². The predicted molar refractivity (Wildman–Crippen MR) is 66.5 cm³/mol. The fourth-order valence-electron chi connectivity index (χ4n) is 1.42. The SMILES string of the molecule is CCOC(=O)C(F)[C@@H](N)c1ccc(Cl)c(OC)c1. The number of alkyl halides is 1. The number of ether oxygens (including phenoxy) is 2. The number of nitrogens with two attached hydrogens (primary N) is 1. The largest absolute Gasteiger partial charge is 0.495 e. The first-order valence-electron chi connectivity index (χ1n) is 5.41. The van der Waals surface area contributed by atoms with Crippen LogP contribution in [0.2, 0.25) is 5.02 Å². The van der Waals surface area contributed by atoms with Gasteiger partial charge in [-0.05, 0) is 24.6 Å². The molecule has 0 radical (unpaired) electrons. The fourth-order valence-corrected chi connectivity index (χ4v) is 1.62. The van der Waals surface area contributed by atoms with Gasteiger partial charge in [-0.3, -0.25) is 0 Å². The Labute approximate surface area is 110 Å². The van der Waals surface area contributed by atoms with Gasteiger partial charge in [-0.1, -0.05) is 17.7 Å². The van der Waals surface area contributed by atoms with Gasteiger partial charge in [0, 0.05) is 0 Å². The molecule has 0 aliphatic heterocycles. The Morgan fingerprint density at radius 1 is 1.56 bits per heavy atom. The number of esters is 1. The van der Waals surface area contributed by atoms with Crippen molar-refractivity contribution in [3.8, 4) is 5.75 Å². The van der Waals surface area contributed by atoms with Crippen molar-refractivity contribution in [1.29, 1.82) is 0 Å². The third-order valence-electron chi connectivity index (χ3n) is 2.39. The molecular formula is C12H15ClFNO3. The van der Waals surface area contributed by atoms with Gasteiger partial charge in [0.1, 0.15) is 5.75 Å². The second kappa shape index (κ2) is 6.56.